The summed E-state index contributed by atoms with van der Waals surface area (Å²) in [6.07, 6.45) is 2.67. The molecule has 1 aromatic carbocycles. The Kier molecular flexibility index (Phi) is 5.70. The molecule has 3 heteroatoms. The van der Waals surface area contributed by atoms with Crippen LogP contribution in [0.15, 0.2) is 24.3 Å². The molecule has 1 aromatic rings. The molecule has 0 saturated carbocycles. The number of nitrogens with two attached hydrogens (primary N) is 1. The van der Waals surface area contributed by atoms with E-state index in [1.165, 1.54) is 0 Å². The first kappa shape index (κ1) is 13.7. The summed E-state index contributed by atoms with van der Waals surface area (Å²) in [5.74, 6) is -0.246. The smallest absolute Gasteiger partial charge is 0.338 e. The maximum atomic E-state index is 11.8. The van der Waals surface area contributed by atoms with Crippen molar-refractivity contribution in [2.45, 2.75) is 39.2 Å². The topological polar surface area (TPSA) is 52.3 Å². The minimum absolute atomic E-state index is 0.0225. The summed E-state index contributed by atoms with van der Waals surface area (Å²) < 4.78 is 5.34. The third-order valence-electron chi connectivity index (χ3n) is 2.60. The molecular formula is C14H21NO2. The zero-order valence-electron chi connectivity index (χ0n) is 10.6. The van der Waals surface area contributed by atoms with E-state index in [2.05, 4.69) is 6.92 Å². The van der Waals surface area contributed by atoms with E-state index in [9.17, 15) is 4.79 Å². The third-order valence-corrected chi connectivity index (χ3v) is 2.60. The molecule has 94 valence electrons. The highest BCUT2D eigenvalue weighted by molar-refractivity contribution is 5.89. The van der Waals surface area contributed by atoms with Gasteiger partial charge in [0.05, 0.1) is 11.7 Å². The monoisotopic (exact) mass is 235 g/mol. The molecule has 0 aliphatic carbocycles. The van der Waals surface area contributed by atoms with E-state index in [1.807, 2.05) is 25.1 Å². The molecule has 0 saturated heterocycles. The van der Waals surface area contributed by atoms with Gasteiger partial charge in [-0.05, 0) is 44.0 Å². The summed E-state index contributed by atoms with van der Waals surface area (Å²) in [4.78, 5) is 11.8. The van der Waals surface area contributed by atoms with Crippen LogP contribution in [0, 0.1) is 0 Å². The summed E-state index contributed by atoms with van der Waals surface area (Å²) in [5, 5.41) is 0. The molecule has 0 aliphatic rings. The fraction of sp³-hybridized carbons (Fsp3) is 0.500. The fourth-order valence-corrected chi connectivity index (χ4v) is 1.74. The fourth-order valence-electron chi connectivity index (χ4n) is 1.74. The molecule has 0 spiro atoms. The Labute approximate surface area is 103 Å². The largest absolute Gasteiger partial charge is 0.459 e. The van der Waals surface area contributed by atoms with E-state index in [4.69, 9.17) is 10.5 Å². The van der Waals surface area contributed by atoms with E-state index in [0.717, 1.165) is 24.8 Å². The number of carbonyl (C=O) groups is 1. The van der Waals surface area contributed by atoms with Crippen LogP contribution in [0.1, 0.15) is 42.6 Å². The average Bonchev–Trinajstić information content (AvgIpc) is 2.30. The maximum Gasteiger partial charge on any atom is 0.338 e. The molecule has 0 fully saturated rings. The second-order valence-corrected chi connectivity index (χ2v) is 4.24. The van der Waals surface area contributed by atoms with Gasteiger partial charge in [-0.2, -0.15) is 0 Å². The number of esters is 1. The molecule has 0 amide bonds. The minimum atomic E-state index is -0.246. The van der Waals surface area contributed by atoms with Gasteiger partial charge in [0.2, 0.25) is 0 Å². The van der Waals surface area contributed by atoms with Gasteiger partial charge in [0.1, 0.15) is 0 Å². The van der Waals surface area contributed by atoms with Crippen LogP contribution in [0.2, 0.25) is 0 Å². The van der Waals surface area contributed by atoms with E-state index >= 15 is 0 Å². The number of hydrogen-bond acceptors (Lipinski definition) is 3. The predicted molar refractivity (Wildman–Crippen MR) is 69.0 cm³/mol. The van der Waals surface area contributed by atoms with E-state index in [1.54, 1.807) is 6.07 Å². The van der Waals surface area contributed by atoms with Gasteiger partial charge in [-0.25, -0.2) is 4.79 Å². The SMILES string of the molecule is CCCC(C)OC(=O)c1cccc(CCN)c1. The first-order chi connectivity index (χ1) is 8.17. The number of carbonyl (C=O) groups excluding carboxylic acids is 1. The second kappa shape index (κ2) is 7.07. The van der Waals surface area contributed by atoms with E-state index in [-0.39, 0.29) is 12.1 Å². The Bertz CT molecular complexity index is 363. The van der Waals surface area contributed by atoms with Gasteiger partial charge >= 0.3 is 5.97 Å². The molecule has 0 heterocycles. The van der Waals surface area contributed by atoms with Crippen molar-refractivity contribution in [1.82, 2.24) is 0 Å². The Morgan fingerprint density at radius 2 is 2.24 bits per heavy atom. The number of ether oxygens (including phenoxy) is 1. The van der Waals surface area contributed by atoms with Gasteiger partial charge in [0.25, 0.3) is 0 Å². The summed E-state index contributed by atoms with van der Waals surface area (Å²) in [5.41, 5.74) is 7.18. The van der Waals surface area contributed by atoms with Crippen LogP contribution in [-0.4, -0.2) is 18.6 Å². The second-order valence-electron chi connectivity index (χ2n) is 4.24. The molecule has 1 unspecified atom stereocenters. The van der Waals surface area contributed by atoms with E-state index in [0.29, 0.717) is 12.1 Å². The van der Waals surface area contributed by atoms with Crippen molar-refractivity contribution in [2.75, 3.05) is 6.54 Å². The van der Waals surface area contributed by atoms with E-state index < -0.39 is 0 Å². The van der Waals surface area contributed by atoms with Crippen LogP contribution in [0.3, 0.4) is 0 Å². The first-order valence-corrected chi connectivity index (χ1v) is 6.17. The molecule has 17 heavy (non-hydrogen) atoms. The average molecular weight is 235 g/mol. The standard InChI is InChI=1S/C14H21NO2/c1-3-5-11(2)17-14(16)13-7-4-6-12(10-13)8-9-15/h4,6-7,10-11H,3,5,8-9,15H2,1-2H3. The van der Waals surface area contributed by atoms with Crippen molar-refractivity contribution in [1.29, 1.82) is 0 Å². The third kappa shape index (κ3) is 4.57. The van der Waals surface area contributed by atoms with Crippen LogP contribution in [-0.2, 0) is 11.2 Å². The summed E-state index contributed by atoms with van der Waals surface area (Å²) >= 11 is 0. The van der Waals surface area contributed by atoms with Gasteiger partial charge in [0, 0.05) is 0 Å². The molecule has 0 aliphatic heterocycles. The van der Waals surface area contributed by atoms with Gasteiger partial charge < -0.3 is 10.5 Å². The number of hydrogen-bond donors (Lipinski definition) is 1. The normalized spacial score (nSPS) is 12.2. The van der Waals surface area contributed by atoms with Crippen molar-refractivity contribution in [3.63, 3.8) is 0 Å². The lowest BCUT2D eigenvalue weighted by Crippen LogP contribution is -2.15. The Morgan fingerprint density at radius 1 is 1.47 bits per heavy atom. The zero-order chi connectivity index (χ0) is 12.7. The predicted octanol–water partition coefficient (Wildman–Crippen LogP) is 2.53. The van der Waals surface area contributed by atoms with Crippen LogP contribution < -0.4 is 5.73 Å². The lowest BCUT2D eigenvalue weighted by Gasteiger charge is -2.12. The van der Waals surface area contributed by atoms with Crippen molar-refractivity contribution in [3.8, 4) is 0 Å². The van der Waals surface area contributed by atoms with Crippen LogP contribution in [0.5, 0.6) is 0 Å². The summed E-state index contributed by atoms with van der Waals surface area (Å²) in [6, 6.07) is 7.47. The molecule has 0 aromatic heterocycles. The van der Waals surface area contributed by atoms with Gasteiger partial charge in [-0.1, -0.05) is 25.5 Å². The molecule has 1 rings (SSSR count). The van der Waals surface area contributed by atoms with Crippen LogP contribution >= 0.6 is 0 Å². The quantitative estimate of drug-likeness (QED) is 0.771. The minimum Gasteiger partial charge on any atom is -0.459 e. The first-order valence-electron chi connectivity index (χ1n) is 6.17. The zero-order valence-corrected chi connectivity index (χ0v) is 10.6. The van der Waals surface area contributed by atoms with Crippen molar-refractivity contribution >= 4 is 5.97 Å². The van der Waals surface area contributed by atoms with Crippen molar-refractivity contribution < 1.29 is 9.53 Å². The Morgan fingerprint density at radius 3 is 2.88 bits per heavy atom. The highest BCUT2D eigenvalue weighted by atomic mass is 16.5. The lowest BCUT2D eigenvalue weighted by molar-refractivity contribution is 0.0323. The van der Waals surface area contributed by atoms with Gasteiger partial charge in [-0.15, -0.1) is 0 Å². The van der Waals surface area contributed by atoms with Crippen molar-refractivity contribution in [2.24, 2.45) is 5.73 Å². The maximum absolute atomic E-state index is 11.8. The highest BCUT2D eigenvalue weighted by Gasteiger charge is 2.11. The molecule has 3 nitrogen and oxygen atoms in total. The molecule has 2 N–H and O–H groups in total. The van der Waals surface area contributed by atoms with Crippen LogP contribution in [0.4, 0.5) is 0 Å². The number of benzene rings is 1. The Hall–Kier alpha value is -1.35. The molecule has 0 radical (unpaired) electrons. The van der Waals surface area contributed by atoms with Crippen LogP contribution in [0.25, 0.3) is 0 Å². The highest BCUT2D eigenvalue weighted by Crippen LogP contribution is 2.10. The molecule has 0 bridgehead atoms. The summed E-state index contributed by atoms with van der Waals surface area (Å²) in [6.45, 7) is 4.59. The lowest BCUT2D eigenvalue weighted by atomic mass is 10.1. The molecule has 1 atom stereocenters. The summed E-state index contributed by atoms with van der Waals surface area (Å²) in [7, 11) is 0. The van der Waals surface area contributed by atoms with Gasteiger partial charge in [0.15, 0.2) is 0 Å². The van der Waals surface area contributed by atoms with Crippen molar-refractivity contribution in [3.05, 3.63) is 35.4 Å². The number of rotatable bonds is 6. The van der Waals surface area contributed by atoms with Gasteiger partial charge in [-0.3, -0.25) is 0 Å². The Balaban J connectivity index is 2.65. The molecular weight excluding hydrogens is 214 g/mol.